The molecule has 1 heterocycles. The molecular weight excluding hydrogens is 499 g/mol. The van der Waals surface area contributed by atoms with Crippen molar-refractivity contribution in [3.63, 3.8) is 0 Å². The van der Waals surface area contributed by atoms with E-state index in [4.69, 9.17) is 14.2 Å². The van der Waals surface area contributed by atoms with E-state index in [1.54, 1.807) is 30.9 Å². The van der Waals surface area contributed by atoms with Crippen molar-refractivity contribution in [3.8, 4) is 11.5 Å². The molecule has 0 N–H and O–H groups in total. The number of urea groups is 1. The van der Waals surface area contributed by atoms with Gasteiger partial charge in [0.15, 0.2) is 11.6 Å². The summed E-state index contributed by atoms with van der Waals surface area (Å²) in [5.74, 6) is -0.440. The molecule has 3 aromatic carbocycles. The molecule has 4 rings (SSSR count). The van der Waals surface area contributed by atoms with Crippen molar-refractivity contribution in [1.82, 2.24) is 9.80 Å². The summed E-state index contributed by atoms with van der Waals surface area (Å²) in [6.45, 7) is 5.20. The van der Waals surface area contributed by atoms with Gasteiger partial charge in [-0.15, -0.1) is 0 Å². The number of halogens is 1. The molecule has 0 radical (unpaired) electrons. The van der Waals surface area contributed by atoms with Gasteiger partial charge in [0, 0.05) is 33.0 Å². The van der Waals surface area contributed by atoms with Crippen LogP contribution in [0, 0.1) is 5.82 Å². The van der Waals surface area contributed by atoms with E-state index in [2.05, 4.69) is 0 Å². The molecule has 1 fully saturated rings. The Labute approximate surface area is 229 Å². The predicted molar refractivity (Wildman–Crippen MR) is 146 cm³/mol. The summed E-state index contributed by atoms with van der Waals surface area (Å²) in [7, 11) is 1.83. The summed E-state index contributed by atoms with van der Waals surface area (Å²) < 4.78 is 31.3. The fourth-order valence-electron chi connectivity index (χ4n) is 4.66. The number of hydrogen-bond donors (Lipinski definition) is 0. The molecule has 1 aliphatic rings. The summed E-state index contributed by atoms with van der Waals surface area (Å²) in [6.07, 6.45) is 0.888. The number of ether oxygens (including phenoxy) is 3. The van der Waals surface area contributed by atoms with Gasteiger partial charge in [0.1, 0.15) is 5.75 Å². The zero-order chi connectivity index (χ0) is 27.8. The van der Waals surface area contributed by atoms with Crippen LogP contribution in [0.15, 0.2) is 78.9 Å². The third-order valence-electron chi connectivity index (χ3n) is 6.83. The van der Waals surface area contributed by atoms with Crippen molar-refractivity contribution in [1.29, 1.82) is 0 Å². The van der Waals surface area contributed by atoms with E-state index in [1.807, 2.05) is 66.5 Å². The minimum atomic E-state index is -1.41. The lowest BCUT2D eigenvalue weighted by Gasteiger charge is -2.28. The number of likely N-dealkylation sites (N-methyl/N-ethyl adjacent to an activating group) is 1. The fraction of sp³-hybridized carbons (Fsp3) is 0.355. The predicted octanol–water partition coefficient (Wildman–Crippen LogP) is 5.47. The van der Waals surface area contributed by atoms with Gasteiger partial charge in [-0.25, -0.2) is 14.0 Å². The van der Waals surface area contributed by atoms with Gasteiger partial charge in [-0.2, -0.15) is 0 Å². The van der Waals surface area contributed by atoms with E-state index >= 15 is 0 Å². The average Bonchev–Trinajstić information content (AvgIpc) is 3.19. The minimum absolute atomic E-state index is 0.00861. The van der Waals surface area contributed by atoms with E-state index in [0.717, 1.165) is 11.1 Å². The SMILES string of the molecule is CCOC(=O)C(C)(Cc1ccc(OCCC2CN(Cc3ccccc3)C(=O)N2C)cc1)Oc1ccccc1F. The van der Waals surface area contributed by atoms with Crippen LogP contribution in [0.4, 0.5) is 9.18 Å². The molecule has 3 aromatic rings. The fourth-order valence-corrected chi connectivity index (χ4v) is 4.66. The second-order valence-corrected chi connectivity index (χ2v) is 9.86. The number of carbonyl (C=O) groups is 2. The minimum Gasteiger partial charge on any atom is -0.494 e. The number of nitrogens with zero attached hydrogens (tertiary/aromatic N) is 2. The number of para-hydroxylation sites is 1. The second-order valence-electron chi connectivity index (χ2n) is 9.86. The number of rotatable bonds is 12. The van der Waals surface area contributed by atoms with Crippen LogP contribution in [0.25, 0.3) is 0 Å². The molecule has 0 aromatic heterocycles. The third-order valence-corrected chi connectivity index (χ3v) is 6.83. The molecule has 39 heavy (non-hydrogen) atoms. The zero-order valence-electron chi connectivity index (χ0n) is 22.6. The highest BCUT2D eigenvalue weighted by molar-refractivity contribution is 5.80. The van der Waals surface area contributed by atoms with Crippen LogP contribution >= 0.6 is 0 Å². The lowest BCUT2D eigenvalue weighted by Crippen LogP contribution is -2.45. The molecule has 0 bridgehead atoms. The molecule has 2 unspecified atom stereocenters. The first-order valence-electron chi connectivity index (χ1n) is 13.2. The highest BCUT2D eigenvalue weighted by Crippen LogP contribution is 2.27. The van der Waals surface area contributed by atoms with Crippen LogP contribution in [0.5, 0.6) is 11.5 Å². The molecule has 7 nitrogen and oxygen atoms in total. The zero-order valence-corrected chi connectivity index (χ0v) is 22.6. The number of benzene rings is 3. The van der Waals surface area contributed by atoms with Gasteiger partial charge in [0.25, 0.3) is 0 Å². The Balaban J connectivity index is 1.32. The molecule has 0 spiro atoms. The van der Waals surface area contributed by atoms with Gasteiger partial charge in [0.2, 0.25) is 5.60 Å². The molecule has 1 saturated heterocycles. The van der Waals surface area contributed by atoms with Gasteiger partial charge in [-0.05, 0) is 49.2 Å². The molecule has 2 amide bonds. The Morgan fingerprint density at radius 1 is 1.00 bits per heavy atom. The van der Waals surface area contributed by atoms with Crippen LogP contribution < -0.4 is 9.47 Å². The van der Waals surface area contributed by atoms with Crippen LogP contribution in [0.2, 0.25) is 0 Å². The molecule has 1 aliphatic heterocycles. The van der Waals surface area contributed by atoms with Crippen LogP contribution in [-0.4, -0.2) is 60.2 Å². The molecule has 2 atom stereocenters. The van der Waals surface area contributed by atoms with Gasteiger partial charge in [-0.3, -0.25) is 0 Å². The van der Waals surface area contributed by atoms with Crippen molar-refractivity contribution in [2.24, 2.45) is 0 Å². The van der Waals surface area contributed by atoms with E-state index in [-0.39, 0.29) is 30.9 Å². The Morgan fingerprint density at radius 3 is 2.38 bits per heavy atom. The Morgan fingerprint density at radius 2 is 1.69 bits per heavy atom. The second kappa shape index (κ2) is 12.7. The summed E-state index contributed by atoms with van der Waals surface area (Å²) in [4.78, 5) is 29.1. The lowest BCUT2D eigenvalue weighted by molar-refractivity contribution is -0.160. The maximum atomic E-state index is 14.2. The van der Waals surface area contributed by atoms with Crippen molar-refractivity contribution < 1.29 is 28.2 Å². The third kappa shape index (κ3) is 7.07. The highest BCUT2D eigenvalue weighted by atomic mass is 19.1. The van der Waals surface area contributed by atoms with Gasteiger partial charge >= 0.3 is 12.0 Å². The Bertz CT molecular complexity index is 1250. The number of esters is 1. The van der Waals surface area contributed by atoms with E-state index < -0.39 is 17.4 Å². The van der Waals surface area contributed by atoms with E-state index in [1.165, 1.54) is 12.1 Å². The first kappa shape index (κ1) is 28.0. The topological polar surface area (TPSA) is 68.3 Å². The lowest BCUT2D eigenvalue weighted by atomic mass is 9.96. The van der Waals surface area contributed by atoms with Crippen molar-refractivity contribution >= 4 is 12.0 Å². The van der Waals surface area contributed by atoms with Crippen molar-refractivity contribution in [3.05, 3.63) is 95.8 Å². The largest absolute Gasteiger partial charge is 0.494 e. The normalized spacial score (nSPS) is 16.6. The van der Waals surface area contributed by atoms with Crippen molar-refractivity contribution in [2.75, 3.05) is 26.8 Å². The van der Waals surface area contributed by atoms with E-state index in [0.29, 0.717) is 31.9 Å². The quantitative estimate of drug-likeness (QED) is 0.288. The highest BCUT2D eigenvalue weighted by Gasteiger charge is 2.38. The van der Waals surface area contributed by atoms with Crippen LogP contribution in [0.1, 0.15) is 31.4 Å². The Kier molecular flexibility index (Phi) is 9.07. The summed E-state index contributed by atoms with van der Waals surface area (Å²) in [6, 6.07) is 23.4. The first-order valence-corrected chi connectivity index (χ1v) is 13.2. The number of hydrogen-bond acceptors (Lipinski definition) is 5. The monoisotopic (exact) mass is 534 g/mol. The van der Waals surface area contributed by atoms with E-state index in [9.17, 15) is 14.0 Å². The number of amides is 2. The molecule has 206 valence electrons. The molecule has 0 aliphatic carbocycles. The van der Waals surface area contributed by atoms with Gasteiger partial charge in [-0.1, -0.05) is 54.6 Å². The standard InChI is InChI=1S/C31H35FN2O5/c1-4-37-29(35)31(2,39-28-13-9-8-12-27(28)32)20-23-14-16-26(17-15-23)38-19-18-25-22-34(30(36)33(25)3)21-24-10-6-5-7-11-24/h5-17,25H,4,18-22H2,1-3H3. The van der Waals surface area contributed by atoms with Gasteiger partial charge < -0.3 is 24.0 Å². The van der Waals surface area contributed by atoms with Crippen LogP contribution in [-0.2, 0) is 22.5 Å². The maximum absolute atomic E-state index is 14.2. The summed E-state index contributed by atoms with van der Waals surface area (Å²) in [5.41, 5.74) is 0.507. The van der Waals surface area contributed by atoms with Crippen molar-refractivity contribution in [2.45, 2.75) is 44.9 Å². The van der Waals surface area contributed by atoms with Crippen LogP contribution in [0.3, 0.4) is 0 Å². The molecule has 0 saturated carbocycles. The molecule has 8 heteroatoms. The smallest absolute Gasteiger partial charge is 0.350 e. The average molecular weight is 535 g/mol. The summed E-state index contributed by atoms with van der Waals surface area (Å²) >= 11 is 0. The maximum Gasteiger partial charge on any atom is 0.350 e. The Hall–Kier alpha value is -4.07. The first-order chi connectivity index (χ1) is 18.8. The molecular formula is C31H35FN2O5. The summed E-state index contributed by atoms with van der Waals surface area (Å²) in [5, 5.41) is 0. The number of carbonyl (C=O) groups excluding carboxylic acids is 2. The van der Waals surface area contributed by atoms with Gasteiger partial charge in [0.05, 0.1) is 19.3 Å².